The average Bonchev–Trinajstić information content (AvgIpc) is 2.78. The van der Waals surface area contributed by atoms with Gasteiger partial charge in [-0.1, -0.05) is 0 Å². The molecule has 0 atom stereocenters. The maximum atomic E-state index is 9.93. The van der Waals surface area contributed by atoms with Gasteiger partial charge in [0.2, 0.25) is 0 Å². The molecule has 0 nitrogen and oxygen atoms in total. The first kappa shape index (κ1) is 25.3. The Morgan fingerprint density at radius 3 is 0.970 bits per heavy atom. The van der Waals surface area contributed by atoms with Gasteiger partial charge >= 0.3 is 194 Å². The van der Waals surface area contributed by atoms with Crippen molar-refractivity contribution in [3.63, 3.8) is 0 Å². The molecule has 0 aliphatic rings. The molecule has 0 spiro atoms. The van der Waals surface area contributed by atoms with Crippen LogP contribution < -0.4 is 15.9 Å². The van der Waals surface area contributed by atoms with E-state index in [9.17, 15) is 16.9 Å². The second-order valence-electron chi connectivity index (χ2n) is 7.62. The predicted molar refractivity (Wildman–Crippen MR) is 130 cm³/mol. The summed E-state index contributed by atoms with van der Waals surface area (Å²) in [6.07, 6.45) is 1.06. The van der Waals surface area contributed by atoms with E-state index in [0.717, 1.165) is 6.16 Å². The topological polar surface area (TPSA) is 0 Å². The summed E-state index contributed by atoms with van der Waals surface area (Å²) in [6, 6.07) is 44.2. The van der Waals surface area contributed by atoms with Crippen molar-refractivity contribution in [1.82, 2.24) is 0 Å². The van der Waals surface area contributed by atoms with Gasteiger partial charge in [-0.15, -0.1) is 0 Å². The van der Waals surface area contributed by atoms with Crippen LogP contribution in [0.15, 0.2) is 121 Å². The van der Waals surface area contributed by atoms with Gasteiger partial charge in [-0.05, 0) is 0 Å². The molecule has 0 N–H and O–H groups in total. The van der Waals surface area contributed by atoms with Crippen molar-refractivity contribution >= 4 is 42.7 Å². The van der Waals surface area contributed by atoms with E-state index in [4.69, 9.17) is 0 Å². The van der Waals surface area contributed by atoms with Crippen LogP contribution in [0, 0.1) is 0 Å². The molecule has 0 unspecified atom stereocenters. The van der Waals surface area contributed by atoms with E-state index >= 15 is 0 Å². The van der Waals surface area contributed by atoms with Crippen molar-refractivity contribution < 1.29 is 18.3 Å². The molecule has 0 amide bonds. The first-order valence-electron chi connectivity index (χ1n) is 10.1. The van der Waals surface area contributed by atoms with Crippen LogP contribution in [0.25, 0.3) is 0 Å². The van der Waals surface area contributed by atoms with Crippen molar-refractivity contribution in [1.29, 1.82) is 0 Å². The molecule has 0 fully saturated rings. The molecule has 0 saturated heterocycles. The third kappa shape index (κ3) is 8.21. The van der Waals surface area contributed by atoms with Crippen LogP contribution in [0.1, 0.15) is 6.99 Å². The third-order valence-corrected chi connectivity index (χ3v) is 10.0. The van der Waals surface area contributed by atoms with E-state index in [1.54, 1.807) is 0 Å². The van der Waals surface area contributed by atoms with Gasteiger partial charge in [0.15, 0.2) is 0 Å². The summed E-state index contributed by atoms with van der Waals surface area (Å²) in [6.45, 7) is 0. The van der Waals surface area contributed by atoms with E-state index in [1.165, 1.54) is 21.5 Å². The van der Waals surface area contributed by atoms with Gasteiger partial charge in [0.1, 0.15) is 0 Å². The minimum absolute atomic E-state index is 0. The fourth-order valence-electron chi connectivity index (χ4n) is 3.88. The Morgan fingerprint density at radius 2 is 0.697 bits per heavy atom. The second-order valence-corrected chi connectivity index (χ2v) is 17.0. The molecule has 0 saturated carbocycles. The number of hydrogen-bond acceptors (Lipinski definition) is 0. The summed E-state index contributed by atoms with van der Waals surface area (Å²) < 4.78 is 59.6. The molecule has 0 radical (unpaired) electrons. The van der Waals surface area contributed by atoms with E-state index < -0.39 is 26.7 Å². The van der Waals surface area contributed by atoms with Crippen LogP contribution in [0.4, 0.5) is 16.9 Å². The molecule has 0 aliphatic carbocycles. The Hall–Kier alpha value is -2.29. The Morgan fingerprint density at radius 1 is 0.455 bits per heavy atom. The molecule has 33 heavy (non-hydrogen) atoms. The number of rotatable bonds is 5. The Bertz CT molecular complexity index is 1050. The first-order valence-corrected chi connectivity index (χ1v) is 18.1. The maximum absolute atomic E-state index is 11.2. The Labute approximate surface area is 193 Å². The molecular formula is C25H24F6PSb. The van der Waals surface area contributed by atoms with Crippen LogP contribution in [-0.4, -0.2) is 19.5 Å². The summed E-state index contributed by atoms with van der Waals surface area (Å²) in [5.74, 6) is 0. The summed E-state index contributed by atoms with van der Waals surface area (Å²) in [5.41, 5.74) is 1.40. The van der Waals surface area contributed by atoms with Crippen molar-refractivity contribution in [2.24, 2.45) is 0 Å². The fraction of sp³-hybridized carbons (Fsp3) is 0.0400. The van der Waals surface area contributed by atoms with Gasteiger partial charge in [-0.25, -0.2) is 0 Å². The molecular weight excluding hydrogens is 567 g/mol. The first-order chi connectivity index (χ1) is 15.3. The van der Waals surface area contributed by atoms with E-state index in [2.05, 4.69) is 121 Å². The van der Waals surface area contributed by atoms with E-state index in [1.807, 2.05) is 0 Å². The average molecular weight is 591 g/mol. The molecule has 0 aromatic heterocycles. The SMILES string of the molecule is [F][Sb-]([F])([F])([F])([F])[F].[H+].c1ccc(C[PH](c2ccccc2)(c2ccccc2)c2ccccc2)cc1. The molecule has 0 heterocycles. The zero-order chi connectivity index (χ0) is 24.1. The van der Waals surface area contributed by atoms with Crippen LogP contribution >= 0.6 is 7.26 Å². The molecule has 0 aliphatic heterocycles. The standard InChI is InChI=1S/C25H23P.6FH.Sb/c1-5-13-22(14-6-1)21-26(23-15-7-2-8-16-23,24-17-9-3-10-18-24)25-19-11-4-12-20-25;;;;;;;/h1-20,26H,21H2;6*1H;/q;;;;;;;+5/p-5. The second kappa shape index (κ2) is 9.16. The van der Waals surface area contributed by atoms with E-state index in [0.29, 0.717) is 0 Å². The minimum atomic E-state index is -11.2. The summed E-state index contributed by atoms with van der Waals surface area (Å²) in [4.78, 5) is 0. The van der Waals surface area contributed by atoms with Crippen LogP contribution in [0.2, 0.25) is 0 Å². The summed E-state index contributed by atoms with van der Waals surface area (Å²) in [7, 11) is -2.16. The molecule has 176 valence electrons. The summed E-state index contributed by atoms with van der Waals surface area (Å²) in [5, 5.41) is 4.38. The fourth-order valence-corrected chi connectivity index (χ4v) is 8.62. The van der Waals surface area contributed by atoms with Gasteiger partial charge in [0, 0.05) is 0 Å². The van der Waals surface area contributed by atoms with Gasteiger partial charge in [0.25, 0.3) is 0 Å². The summed E-state index contributed by atoms with van der Waals surface area (Å²) >= 11 is -11.2. The van der Waals surface area contributed by atoms with Gasteiger partial charge in [-0.3, -0.25) is 0 Å². The third-order valence-electron chi connectivity index (χ3n) is 5.11. The molecule has 8 heteroatoms. The Balaban J connectivity index is 0.000000449. The normalized spacial score (nSPS) is 14.2. The molecule has 4 aromatic carbocycles. The molecule has 4 aromatic rings. The van der Waals surface area contributed by atoms with Crippen LogP contribution in [0.3, 0.4) is 0 Å². The number of halogens is 6. The predicted octanol–water partition coefficient (Wildman–Crippen LogP) is 7.17. The monoisotopic (exact) mass is 590 g/mol. The van der Waals surface area contributed by atoms with Gasteiger partial charge in [0.05, 0.1) is 0 Å². The van der Waals surface area contributed by atoms with Crippen LogP contribution in [0.5, 0.6) is 0 Å². The van der Waals surface area contributed by atoms with Gasteiger partial charge in [-0.2, -0.15) is 0 Å². The zero-order valence-electron chi connectivity index (χ0n) is 18.5. The van der Waals surface area contributed by atoms with Crippen LogP contribution in [-0.2, 0) is 6.16 Å². The Kier molecular flexibility index (Phi) is 7.03. The van der Waals surface area contributed by atoms with Crippen molar-refractivity contribution in [2.45, 2.75) is 6.16 Å². The van der Waals surface area contributed by atoms with Gasteiger partial charge < -0.3 is 0 Å². The quantitative estimate of drug-likeness (QED) is 0.131. The van der Waals surface area contributed by atoms with Crippen molar-refractivity contribution in [3.05, 3.63) is 127 Å². The number of hydrogen-bond donors (Lipinski definition) is 0. The van der Waals surface area contributed by atoms with Crippen molar-refractivity contribution in [2.75, 3.05) is 0 Å². The number of benzene rings is 4. The molecule has 4 rings (SSSR count). The zero-order valence-corrected chi connectivity index (χ0v) is 21.0. The van der Waals surface area contributed by atoms with Crippen molar-refractivity contribution in [3.8, 4) is 0 Å². The van der Waals surface area contributed by atoms with E-state index in [-0.39, 0.29) is 1.43 Å². The molecule has 0 bridgehead atoms.